The van der Waals surface area contributed by atoms with Gasteiger partial charge in [0.1, 0.15) is 6.61 Å². The first-order valence-corrected chi connectivity index (χ1v) is 9.19. The second-order valence-electron chi connectivity index (χ2n) is 7.16. The van der Waals surface area contributed by atoms with E-state index >= 15 is 0 Å². The molecule has 0 unspecified atom stereocenters. The van der Waals surface area contributed by atoms with E-state index in [4.69, 9.17) is 4.74 Å². The summed E-state index contributed by atoms with van der Waals surface area (Å²) in [7, 11) is 3.69. The quantitative estimate of drug-likeness (QED) is 0.876. The molecule has 1 aliphatic carbocycles. The number of hydrogen-bond donors (Lipinski definition) is 1. The van der Waals surface area contributed by atoms with Gasteiger partial charge in [0, 0.05) is 20.5 Å². The van der Waals surface area contributed by atoms with E-state index in [0.29, 0.717) is 12.8 Å². The predicted molar refractivity (Wildman–Crippen MR) is 92.7 cm³/mol. The maximum Gasteiger partial charge on any atom is 0.246 e. The minimum absolute atomic E-state index is 0.0927. The molecule has 2 heterocycles. The molecule has 138 valence electrons. The molecule has 1 saturated heterocycles. The number of likely N-dealkylation sites (tertiary alicyclic amines) is 1. The molecule has 7 nitrogen and oxygen atoms in total. The van der Waals surface area contributed by atoms with Crippen molar-refractivity contribution in [1.82, 2.24) is 19.8 Å². The van der Waals surface area contributed by atoms with Crippen molar-refractivity contribution in [2.24, 2.45) is 7.05 Å². The van der Waals surface area contributed by atoms with Crippen molar-refractivity contribution < 1.29 is 14.3 Å². The van der Waals surface area contributed by atoms with Gasteiger partial charge in [0.2, 0.25) is 11.8 Å². The first-order valence-electron chi connectivity index (χ1n) is 9.19. The summed E-state index contributed by atoms with van der Waals surface area (Å²) in [4.78, 5) is 30.4. The van der Waals surface area contributed by atoms with Crippen molar-refractivity contribution >= 4 is 11.8 Å². The molecule has 3 rings (SSSR count). The Morgan fingerprint density at radius 3 is 2.72 bits per heavy atom. The van der Waals surface area contributed by atoms with Crippen LogP contribution < -0.4 is 5.32 Å². The number of rotatable bonds is 5. The maximum atomic E-state index is 12.4. The topological polar surface area (TPSA) is 76.5 Å². The Morgan fingerprint density at radius 2 is 2.04 bits per heavy atom. The number of carbonyl (C=O) groups is 2. The number of amides is 2. The monoisotopic (exact) mass is 348 g/mol. The Hall–Kier alpha value is -1.89. The predicted octanol–water partition coefficient (Wildman–Crippen LogP) is 1.55. The molecule has 1 aliphatic heterocycles. The van der Waals surface area contributed by atoms with E-state index in [9.17, 15) is 9.59 Å². The molecule has 1 N–H and O–H groups in total. The first-order chi connectivity index (χ1) is 12.1. The number of hydrogen-bond acceptors (Lipinski definition) is 4. The van der Waals surface area contributed by atoms with Crippen LogP contribution in [0.25, 0.3) is 0 Å². The largest absolute Gasteiger partial charge is 0.368 e. The van der Waals surface area contributed by atoms with Gasteiger partial charge < -0.3 is 19.5 Å². The second-order valence-corrected chi connectivity index (χ2v) is 7.16. The molecule has 25 heavy (non-hydrogen) atoms. The third-order valence-electron chi connectivity index (χ3n) is 5.37. The van der Waals surface area contributed by atoms with E-state index in [2.05, 4.69) is 10.3 Å². The van der Waals surface area contributed by atoms with Crippen molar-refractivity contribution in [2.45, 2.75) is 63.1 Å². The van der Waals surface area contributed by atoms with Gasteiger partial charge in [-0.25, -0.2) is 4.98 Å². The lowest BCUT2D eigenvalue weighted by atomic mass is 9.93. The average molecular weight is 348 g/mol. The number of aryl methyl sites for hydroxylation is 1. The van der Waals surface area contributed by atoms with Crippen LogP contribution in [0.15, 0.2) is 12.5 Å². The van der Waals surface area contributed by atoms with Crippen molar-refractivity contribution in [3.63, 3.8) is 0 Å². The van der Waals surface area contributed by atoms with Crippen LogP contribution in [-0.4, -0.2) is 52.1 Å². The van der Waals surface area contributed by atoms with Gasteiger partial charge in [-0.2, -0.15) is 0 Å². The number of piperidine rings is 1. The third-order valence-corrected chi connectivity index (χ3v) is 5.37. The van der Waals surface area contributed by atoms with Gasteiger partial charge in [-0.05, 0) is 19.3 Å². The lowest BCUT2D eigenvalue weighted by Gasteiger charge is -2.39. The average Bonchev–Trinajstić information content (AvgIpc) is 3.03. The van der Waals surface area contributed by atoms with Crippen LogP contribution in [0.2, 0.25) is 0 Å². The fourth-order valence-corrected chi connectivity index (χ4v) is 3.92. The van der Waals surface area contributed by atoms with Crippen LogP contribution in [0.3, 0.4) is 0 Å². The highest BCUT2D eigenvalue weighted by Crippen LogP contribution is 2.30. The van der Waals surface area contributed by atoms with Crippen molar-refractivity contribution in [3.05, 3.63) is 18.2 Å². The standard InChI is InChI=1S/C18H28N4O3/c1-21-12-19-10-15(21)18-14(8-9-17(24)22(18)2)20-16(23)11-25-13-6-4-3-5-7-13/h10,12-14,18H,3-9,11H2,1-2H3,(H,20,23)/t14-,18-/m1/s1. The SMILES string of the molecule is CN1C(=O)CC[C@@H](NC(=O)COC2CCCCC2)[C@@H]1c1cncn1C. The molecular formula is C18H28N4O3. The summed E-state index contributed by atoms with van der Waals surface area (Å²) in [5.41, 5.74) is 0.925. The van der Waals surface area contributed by atoms with Gasteiger partial charge in [-0.3, -0.25) is 9.59 Å². The summed E-state index contributed by atoms with van der Waals surface area (Å²) in [6.07, 6.45) is 10.5. The van der Waals surface area contributed by atoms with E-state index in [1.807, 2.05) is 11.6 Å². The Morgan fingerprint density at radius 1 is 1.28 bits per heavy atom. The van der Waals surface area contributed by atoms with Crippen molar-refractivity contribution in [1.29, 1.82) is 0 Å². The molecule has 2 fully saturated rings. The summed E-state index contributed by atoms with van der Waals surface area (Å²) in [6.45, 7) is 0.0942. The highest BCUT2D eigenvalue weighted by atomic mass is 16.5. The number of carbonyl (C=O) groups excluding carboxylic acids is 2. The zero-order chi connectivity index (χ0) is 17.8. The first kappa shape index (κ1) is 17.9. The van der Waals surface area contributed by atoms with E-state index in [1.54, 1.807) is 24.5 Å². The zero-order valence-corrected chi connectivity index (χ0v) is 15.1. The highest BCUT2D eigenvalue weighted by Gasteiger charge is 2.37. The molecule has 0 radical (unpaired) electrons. The van der Waals surface area contributed by atoms with Crippen LogP contribution in [0.5, 0.6) is 0 Å². The van der Waals surface area contributed by atoms with Gasteiger partial charge in [0.05, 0.1) is 36.4 Å². The van der Waals surface area contributed by atoms with Gasteiger partial charge >= 0.3 is 0 Å². The zero-order valence-electron chi connectivity index (χ0n) is 15.1. The number of imidazole rings is 1. The molecule has 0 bridgehead atoms. The maximum absolute atomic E-state index is 12.4. The second kappa shape index (κ2) is 7.99. The van der Waals surface area contributed by atoms with Crippen LogP contribution in [0, 0.1) is 0 Å². The smallest absolute Gasteiger partial charge is 0.246 e. The van der Waals surface area contributed by atoms with Gasteiger partial charge in [-0.1, -0.05) is 19.3 Å². The lowest BCUT2D eigenvalue weighted by Crippen LogP contribution is -2.52. The molecule has 0 spiro atoms. The Labute approximate surface area is 148 Å². The molecule has 1 saturated carbocycles. The summed E-state index contributed by atoms with van der Waals surface area (Å²) in [5, 5.41) is 3.08. The fourth-order valence-electron chi connectivity index (χ4n) is 3.92. The third kappa shape index (κ3) is 4.21. The fraction of sp³-hybridized carbons (Fsp3) is 0.722. The van der Waals surface area contributed by atoms with Gasteiger partial charge in [0.15, 0.2) is 0 Å². The molecule has 0 aromatic carbocycles. The molecule has 2 atom stereocenters. The van der Waals surface area contributed by atoms with Crippen LogP contribution in [-0.2, 0) is 21.4 Å². The molecule has 2 aliphatic rings. The Kier molecular flexibility index (Phi) is 5.73. The number of ether oxygens (including phenoxy) is 1. The van der Waals surface area contributed by atoms with Gasteiger partial charge in [-0.15, -0.1) is 0 Å². The highest BCUT2D eigenvalue weighted by molar-refractivity contribution is 5.80. The van der Waals surface area contributed by atoms with Crippen LogP contribution in [0.1, 0.15) is 56.7 Å². The van der Waals surface area contributed by atoms with Crippen molar-refractivity contribution in [3.8, 4) is 0 Å². The molecule has 1 aromatic heterocycles. The van der Waals surface area contributed by atoms with E-state index < -0.39 is 0 Å². The summed E-state index contributed by atoms with van der Waals surface area (Å²) in [5.74, 6) is -0.0133. The minimum Gasteiger partial charge on any atom is -0.368 e. The van der Waals surface area contributed by atoms with Crippen molar-refractivity contribution in [2.75, 3.05) is 13.7 Å². The minimum atomic E-state index is -0.201. The molecule has 1 aromatic rings. The number of aromatic nitrogens is 2. The summed E-state index contributed by atoms with van der Waals surface area (Å²) < 4.78 is 7.67. The molecule has 2 amide bonds. The number of nitrogens with one attached hydrogen (secondary N) is 1. The summed E-state index contributed by atoms with van der Waals surface area (Å²) >= 11 is 0. The van der Waals surface area contributed by atoms with Gasteiger partial charge in [0.25, 0.3) is 0 Å². The molecule has 7 heteroatoms. The Balaban J connectivity index is 1.61. The number of likely N-dealkylation sites (N-methyl/N-ethyl adjacent to an activating group) is 1. The molecular weight excluding hydrogens is 320 g/mol. The Bertz CT molecular complexity index is 609. The normalized spacial score (nSPS) is 25.2. The van der Waals surface area contributed by atoms with Crippen LogP contribution >= 0.6 is 0 Å². The van der Waals surface area contributed by atoms with E-state index in [0.717, 1.165) is 18.5 Å². The van der Waals surface area contributed by atoms with Crippen LogP contribution in [0.4, 0.5) is 0 Å². The van der Waals surface area contributed by atoms with E-state index in [-0.39, 0.29) is 36.6 Å². The van der Waals surface area contributed by atoms with E-state index in [1.165, 1.54) is 19.3 Å². The lowest BCUT2D eigenvalue weighted by molar-refractivity contribution is -0.139. The summed E-state index contributed by atoms with van der Waals surface area (Å²) in [6, 6.07) is -0.326. The number of nitrogens with zero attached hydrogens (tertiary/aromatic N) is 3.